The Kier molecular flexibility index (Phi) is 9.44. The summed E-state index contributed by atoms with van der Waals surface area (Å²) in [5.41, 5.74) is 1.57. The number of ether oxygens (including phenoxy) is 2. The van der Waals surface area contributed by atoms with Gasteiger partial charge in [0.25, 0.3) is 0 Å². The first kappa shape index (κ1) is 30.3. The van der Waals surface area contributed by atoms with Gasteiger partial charge >= 0.3 is 12.0 Å². The molecule has 43 heavy (non-hydrogen) atoms. The Morgan fingerprint density at radius 2 is 1.53 bits per heavy atom. The molecule has 2 heterocycles. The van der Waals surface area contributed by atoms with E-state index in [0.717, 1.165) is 0 Å². The number of nitrogens with zero attached hydrogens (tertiary/aromatic N) is 3. The molecule has 2 aliphatic heterocycles. The van der Waals surface area contributed by atoms with Crippen molar-refractivity contribution in [2.45, 2.75) is 24.8 Å². The number of benzene rings is 3. The number of amides is 2. The van der Waals surface area contributed by atoms with Gasteiger partial charge in [-0.25, -0.2) is 18.0 Å². The number of piperazine rings is 1. The van der Waals surface area contributed by atoms with E-state index in [-0.39, 0.29) is 24.1 Å². The first-order valence-corrected chi connectivity index (χ1v) is 15.8. The van der Waals surface area contributed by atoms with Crippen LogP contribution in [0.1, 0.15) is 25.5 Å². The second-order valence-electron chi connectivity index (χ2n) is 10.2. The Bertz CT molecular complexity index is 1570. The van der Waals surface area contributed by atoms with E-state index in [4.69, 9.17) is 9.47 Å². The lowest BCUT2D eigenvalue weighted by atomic mass is 9.94. The fourth-order valence-corrected chi connectivity index (χ4v) is 6.81. The maximum Gasteiger partial charge on any atom is 0.338 e. The molecule has 2 aliphatic rings. The highest BCUT2D eigenvalue weighted by molar-refractivity contribution is 7.89. The van der Waals surface area contributed by atoms with Crippen molar-refractivity contribution in [1.29, 1.82) is 0 Å². The Hall–Kier alpha value is -4.19. The molecule has 10 nitrogen and oxygen atoms in total. The van der Waals surface area contributed by atoms with E-state index in [2.05, 4.69) is 10.2 Å². The molecule has 226 valence electrons. The van der Waals surface area contributed by atoms with Crippen LogP contribution in [-0.2, 0) is 19.6 Å². The van der Waals surface area contributed by atoms with Crippen molar-refractivity contribution < 1.29 is 27.5 Å². The minimum absolute atomic E-state index is 0.176. The van der Waals surface area contributed by atoms with E-state index >= 15 is 0 Å². The molecular weight excluding hydrogens is 568 g/mol. The van der Waals surface area contributed by atoms with E-state index in [9.17, 15) is 18.0 Å². The lowest BCUT2D eigenvalue weighted by Gasteiger charge is -2.40. The molecule has 1 N–H and O–H groups in total. The monoisotopic (exact) mass is 604 g/mol. The van der Waals surface area contributed by atoms with Gasteiger partial charge in [-0.1, -0.05) is 48.5 Å². The Labute approximate surface area is 252 Å². The minimum Gasteiger partial charge on any atom is -0.463 e. The molecule has 0 spiro atoms. The maximum atomic E-state index is 13.5. The van der Waals surface area contributed by atoms with Crippen molar-refractivity contribution in [1.82, 2.24) is 19.4 Å². The predicted molar refractivity (Wildman–Crippen MR) is 162 cm³/mol. The number of hydrogen-bond acceptors (Lipinski definition) is 7. The number of likely N-dealkylation sites (N-methyl/N-ethyl adjacent to an activating group) is 1. The molecule has 11 heteroatoms. The summed E-state index contributed by atoms with van der Waals surface area (Å²) in [7, 11) is -3.61. The molecule has 3 aromatic rings. The van der Waals surface area contributed by atoms with Gasteiger partial charge in [-0.3, -0.25) is 9.80 Å². The molecule has 1 fully saturated rings. The molecular formula is C32H36N4O6S. The maximum absolute atomic E-state index is 13.5. The predicted octanol–water partition coefficient (Wildman–Crippen LogP) is 4.39. The van der Waals surface area contributed by atoms with Crippen molar-refractivity contribution in [2.75, 3.05) is 45.9 Å². The average molecular weight is 605 g/mol. The molecule has 2 amide bonds. The van der Waals surface area contributed by atoms with E-state index in [1.54, 1.807) is 42.2 Å². The van der Waals surface area contributed by atoms with Crippen molar-refractivity contribution in [3.05, 3.63) is 102 Å². The molecule has 0 aliphatic carbocycles. The summed E-state index contributed by atoms with van der Waals surface area (Å²) in [6.45, 7) is 5.86. The highest BCUT2D eigenvalue weighted by atomic mass is 32.2. The van der Waals surface area contributed by atoms with Crippen LogP contribution in [0, 0.1) is 0 Å². The Balaban J connectivity index is 1.43. The summed E-state index contributed by atoms with van der Waals surface area (Å²) in [5.74, 6) is 0.719. The standard InChI is InChI=1S/C32H36N4O6S/c1-3-36-28(23-34-18-20-35(21-19-34)43(39,40)27-16-9-6-10-17-27)29(31(37)41-4-2)30(33-32(36)38)24-12-11-15-26(22-24)42-25-13-7-5-8-14-25/h5-17,22,30H,3-4,18-21,23H2,1-2H3,(H,33,38). The van der Waals surface area contributed by atoms with E-state index in [1.165, 1.54) is 4.31 Å². The summed E-state index contributed by atoms with van der Waals surface area (Å²) < 4.78 is 39.3. The van der Waals surface area contributed by atoms with Gasteiger partial charge in [0.1, 0.15) is 11.5 Å². The fourth-order valence-electron chi connectivity index (χ4n) is 5.37. The summed E-state index contributed by atoms with van der Waals surface area (Å²) in [4.78, 5) is 30.8. The SMILES string of the molecule is CCOC(=O)C1=C(CN2CCN(S(=O)(=O)c3ccccc3)CC2)N(CC)C(=O)NC1c1cccc(Oc2ccccc2)c1. The number of sulfonamides is 1. The fraction of sp³-hybridized carbons (Fsp3) is 0.312. The molecule has 1 unspecified atom stereocenters. The van der Waals surface area contributed by atoms with Crippen molar-refractivity contribution >= 4 is 22.0 Å². The molecule has 0 bridgehead atoms. The van der Waals surface area contributed by atoms with Gasteiger partial charge in [0.05, 0.1) is 23.1 Å². The molecule has 3 aromatic carbocycles. The number of nitrogens with one attached hydrogen (secondary N) is 1. The smallest absolute Gasteiger partial charge is 0.338 e. The lowest BCUT2D eigenvalue weighted by molar-refractivity contribution is -0.139. The van der Waals surface area contributed by atoms with Crippen LogP contribution in [0.25, 0.3) is 0 Å². The van der Waals surface area contributed by atoms with Crippen molar-refractivity contribution in [2.24, 2.45) is 0 Å². The zero-order valence-corrected chi connectivity index (χ0v) is 25.1. The first-order chi connectivity index (χ1) is 20.8. The van der Waals surface area contributed by atoms with Crippen LogP contribution in [0.3, 0.4) is 0 Å². The number of para-hydroxylation sites is 1. The molecule has 5 rings (SSSR count). The van der Waals surface area contributed by atoms with E-state index in [0.29, 0.717) is 61.1 Å². The van der Waals surface area contributed by atoms with Gasteiger partial charge < -0.3 is 14.8 Å². The van der Waals surface area contributed by atoms with Crippen molar-refractivity contribution in [3.8, 4) is 11.5 Å². The second-order valence-corrected chi connectivity index (χ2v) is 12.1. The number of esters is 1. The van der Waals surface area contributed by atoms with Gasteiger partial charge in [0, 0.05) is 45.0 Å². The first-order valence-electron chi connectivity index (χ1n) is 14.4. The second kappa shape index (κ2) is 13.4. The molecule has 0 saturated carbocycles. The Morgan fingerprint density at radius 1 is 0.884 bits per heavy atom. The molecule has 0 radical (unpaired) electrons. The van der Waals surface area contributed by atoms with E-state index < -0.39 is 22.0 Å². The van der Waals surface area contributed by atoms with Gasteiger partial charge in [-0.2, -0.15) is 4.31 Å². The van der Waals surface area contributed by atoms with E-state index in [1.807, 2.05) is 61.5 Å². The van der Waals surface area contributed by atoms with Crippen LogP contribution >= 0.6 is 0 Å². The summed E-state index contributed by atoms with van der Waals surface area (Å²) >= 11 is 0. The normalized spacial score (nSPS) is 18.3. The van der Waals surface area contributed by atoms with Crippen LogP contribution in [0.15, 0.2) is 101 Å². The van der Waals surface area contributed by atoms with Gasteiger partial charge in [0.2, 0.25) is 10.0 Å². The lowest BCUT2D eigenvalue weighted by Crippen LogP contribution is -2.53. The van der Waals surface area contributed by atoms with Gasteiger partial charge in [-0.15, -0.1) is 0 Å². The van der Waals surface area contributed by atoms with Crippen molar-refractivity contribution in [3.63, 3.8) is 0 Å². The zero-order chi connectivity index (χ0) is 30.4. The highest BCUT2D eigenvalue weighted by Gasteiger charge is 2.39. The third-order valence-electron chi connectivity index (χ3n) is 7.51. The van der Waals surface area contributed by atoms with Crippen LogP contribution in [-0.4, -0.2) is 80.4 Å². The topological polar surface area (TPSA) is 108 Å². The number of urea groups is 1. The number of carbonyl (C=O) groups is 2. The number of hydrogen-bond donors (Lipinski definition) is 1. The summed E-state index contributed by atoms with van der Waals surface area (Å²) in [6, 6.07) is 24.0. The Morgan fingerprint density at radius 3 is 2.19 bits per heavy atom. The molecule has 1 saturated heterocycles. The third-order valence-corrected chi connectivity index (χ3v) is 9.42. The third kappa shape index (κ3) is 6.74. The quantitative estimate of drug-likeness (QED) is 0.342. The van der Waals surface area contributed by atoms with Gasteiger partial charge in [-0.05, 0) is 55.8 Å². The number of carbonyl (C=O) groups excluding carboxylic acids is 2. The van der Waals surface area contributed by atoms with Crippen LogP contribution in [0.2, 0.25) is 0 Å². The van der Waals surface area contributed by atoms with Crippen LogP contribution in [0.4, 0.5) is 4.79 Å². The zero-order valence-electron chi connectivity index (χ0n) is 24.3. The molecule has 0 aromatic heterocycles. The summed E-state index contributed by atoms with van der Waals surface area (Å²) in [6.07, 6.45) is 0. The summed E-state index contributed by atoms with van der Waals surface area (Å²) in [5, 5.41) is 2.99. The molecule has 1 atom stereocenters. The minimum atomic E-state index is -3.61. The van der Waals surface area contributed by atoms with Crippen LogP contribution < -0.4 is 10.1 Å². The highest BCUT2D eigenvalue weighted by Crippen LogP contribution is 2.34. The number of rotatable bonds is 10. The average Bonchev–Trinajstić information content (AvgIpc) is 3.02. The largest absolute Gasteiger partial charge is 0.463 e. The van der Waals surface area contributed by atoms with Crippen LogP contribution in [0.5, 0.6) is 11.5 Å². The van der Waals surface area contributed by atoms with Gasteiger partial charge in [0.15, 0.2) is 0 Å².